The van der Waals surface area contributed by atoms with Gasteiger partial charge in [-0.25, -0.2) is 9.78 Å². The van der Waals surface area contributed by atoms with Gasteiger partial charge in [0.05, 0.1) is 0 Å². The molecular formula is C11H11N3O2. The van der Waals surface area contributed by atoms with E-state index in [2.05, 4.69) is 4.98 Å². The van der Waals surface area contributed by atoms with Crippen LogP contribution in [0, 0.1) is 11.3 Å². The third kappa shape index (κ3) is 1.82. The van der Waals surface area contributed by atoms with Crippen molar-refractivity contribution < 1.29 is 9.90 Å². The van der Waals surface area contributed by atoms with Crippen molar-refractivity contribution in [3.8, 4) is 6.07 Å². The predicted octanol–water partition coefficient (Wildman–Crippen LogP) is 1.01. The smallest absolute Gasteiger partial charge is 0.326 e. The molecule has 16 heavy (non-hydrogen) atoms. The molecule has 0 amide bonds. The molecule has 1 atom stereocenters. The zero-order valence-corrected chi connectivity index (χ0v) is 8.63. The van der Waals surface area contributed by atoms with E-state index in [1.54, 1.807) is 12.1 Å². The van der Waals surface area contributed by atoms with E-state index in [0.29, 0.717) is 18.7 Å². The van der Waals surface area contributed by atoms with E-state index in [-0.39, 0.29) is 0 Å². The van der Waals surface area contributed by atoms with Crippen LogP contribution in [0.15, 0.2) is 18.3 Å². The molecule has 2 rings (SSSR count). The summed E-state index contributed by atoms with van der Waals surface area (Å²) in [5, 5.41) is 17.8. The van der Waals surface area contributed by atoms with Crippen molar-refractivity contribution in [2.75, 3.05) is 11.4 Å². The average molecular weight is 217 g/mol. The predicted molar refractivity (Wildman–Crippen MR) is 57.0 cm³/mol. The SMILES string of the molecule is N#Cc1cc(N2CCC[C@@H]2C(=O)O)ccn1. The van der Waals surface area contributed by atoms with E-state index >= 15 is 0 Å². The van der Waals surface area contributed by atoms with Gasteiger partial charge in [-0.2, -0.15) is 5.26 Å². The number of aliphatic carboxylic acids is 1. The molecule has 0 unspecified atom stereocenters. The molecule has 0 spiro atoms. The lowest BCUT2D eigenvalue weighted by atomic mass is 10.2. The maximum absolute atomic E-state index is 11.0. The fraction of sp³-hybridized carbons (Fsp3) is 0.364. The second kappa shape index (κ2) is 4.19. The Bertz CT molecular complexity index is 453. The number of hydrogen-bond donors (Lipinski definition) is 1. The highest BCUT2D eigenvalue weighted by atomic mass is 16.4. The van der Waals surface area contributed by atoms with E-state index in [0.717, 1.165) is 12.1 Å². The Hall–Kier alpha value is -2.09. The lowest BCUT2D eigenvalue weighted by molar-refractivity contribution is -0.138. The van der Waals surface area contributed by atoms with Crippen LogP contribution in [0.3, 0.4) is 0 Å². The molecule has 1 aliphatic heterocycles. The summed E-state index contributed by atoms with van der Waals surface area (Å²) in [6, 6.07) is 4.84. The summed E-state index contributed by atoms with van der Waals surface area (Å²) < 4.78 is 0. The lowest BCUT2D eigenvalue weighted by Gasteiger charge is -2.23. The van der Waals surface area contributed by atoms with Crippen LogP contribution in [-0.4, -0.2) is 28.6 Å². The quantitative estimate of drug-likeness (QED) is 0.799. The first-order valence-electron chi connectivity index (χ1n) is 5.08. The standard InChI is InChI=1S/C11H11N3O2/c12-7-8-6-9(3-4-13-8)14-5-1-2-10(14)11(15)16/h3-4,6,10H,1-2,5H2,(H,15,16)/t10-/m1/s1. The van der Waals surface area contributed by atoms with Gasteiger partial charge in [0.25, 0.3) is 0 Å². The molecule has 0 saturated carbocycles. The minimum atomic E-state index is -0.812. The van der Waals surface area contributed by atoms with Crippen molar-refractivity contribution in [1.29, 1.82) is 5.26 Å². The Morgan fingerprint density at radius 1 is 1.69 bits per heavy atom. The van der Waals surface area contributed by atoms with Gasteiger partial charge in [-0.3, -0.25) is 0 Å². The summed E-state index contributed by atoms with van der Waals surface area (Å²) in [6.45, 7) is 0.714. The van der Waals surface area contributed by atoms with Crippen LogP contribution >= 0.6 is 0 Å². The molecule has 82 valence electrons. The van der Waals surface area contributed by atoms with Crippen molar-refractivity contribution >= 4 is 11.7 Å². The number of hydrogen-bond acceptors (Lipinski definition) is 4. The summed E-state index contributed by atoms with van der Waals surface area (Å²) in [6.07, 6.45) is 3.05. The van der Waals surface area contributed by atoms with E-state index in [1.807, 2.05) is 11.0 Å². The number of carboxylic acid groups (broad SMARTS) is 1. The zero-order chi connectivity index (χ0) is 11.5. The van der Waals surface area contributed by atoms with Crippen LogP contribution in [0.5, 0.6) is 0 Å². The number of nitriles is 1. The average Bonchev–Trinajstić information content (AvgIpc) is 2.78. The molecule has 1 aromatic heterocycles. The number of nitrogens with zero attached hydrogens (tertiary/aromatic N) is 3. The number of anilines is 1. The molecule has 5 nitrogen and oxygen atoms in total. The van der Waals surface area contributed by atoms with E-state index < -0.39 is 12.0 Å². The van der Waals surface area contributed by atoms with Crippen molar-refractivity contribution in [3.05, 3.63) is 24.0 Å². The molecule has 0 radical (unpaired) electrons. The molecule has 2 heterocycles. The monoisotopic (exact) mass is 217 g/mol. The Morgan fingerprint density at radius 2 is 2.50 bits per heavy atom. The Morgan fingerprint density at radius 3 is 3.19 bits per heavy atom. The summed E-state index contributed by atoms with van der Waals surface area (Å²) >= 11 is 0. The van der Waals surface area contributed by atoms with Gasteiger partial charge in [0.1, 0.15) is 17.8 Å². The minimum Gasteiger partial charge on any atom is -0.480 e. The van der Waals surface area contributed by atoms with Crippen molar-refractivity contribution in [3.63, 3.8) is 0 Å². The molecule has 0 aromatic carbocycles. The number of aromatic nitrogens is 1. The third-order valence-corrected chi connectivity index (χ3v) is 2.73. The molecule has 1 aliphatic rings. The van der Waals surface area contributed by atoms with Gasteiger partial charge in [0.15, 0.2) is 0 Å². The van der Waals surface area contributed by atoms with Crippen molar-refractivity contribution in [2.24, 2.45) is 0 Å². The van der Waals surface area contributed by atoms with Gasteiger partial charge in [0.2, 0.25) is 0 Å². The minimum absolute atomic E-state index is 0.313. The first-order valence-corrected chi connectivity index (χ1v) is 5.08. The summed E-state index contributed by atoms with van der Waals surface area (Å²) in [5.41, 5.74) is 1.07. The third-order valence-electron chi connectivity index (χ3n) is 2.73. The first-order chi connectivity index (χ1) is 7.72. The highest BCUT2D eigenvalue weighted by molar-refractivity contribution is 5.79. The molecule has 5 heteroatoms. The summed E-state index contributed by atoms with van der Waals surface area (Å²) in [5.74, 6) is -0.812. The molecular weight excluding hydrogens is 206 g/mol. The van der Waals surface area contributed by atoms with Gasteiger partial charge in [-0.15, -0.1) is 0 Å². The first kappa shape index (κ1) is 10.4. The molecule has 1 aromatic rings. The maximum Gasteiger partial charge on any atom is 0.326 e. The topological polar surface area (TPSA) is 77.2 Å². The van der Waals surface area contributed by atoms with E-state index in [9.17, 15) is 4.79 Å². The van der Waals surface area contributed by atoms with E-state index in [4.69, 9.17) is 10.4 Å². The second-order valence-electron chi connectivity index (χ2n) is 3.70. The summed E-state index contributed by atoms with van der Waals surface area (Å²) in [4.78, 5) is 16.7. The van der Waals surface area contributed by atoms with Gasteiger partial charge >= 0.3 is 5.97 Å². The molecule has 1 N–H and O–H groups in total. The fourth-order valence-electron chi connectivity index (χ4n) is 1.99. The van der Waals surface area contributed by atoms with Crippen molar-refractivity contribution in [2.45, 2.75) is 18.9 Å². The number of carboxylic acids is 1. The van der Waals surface area contributed by atoms with Crippen LogP contribution in [-0.2, 0) is 4.79 Å². The van der Waals surface area contributed by atoms with E-state index in [1.165, 1.54) is 6.20 Å². The Balaban J connectivity index is 2.29. The number of pyridine rings is 1. The largest absolute Gasteiger partial charge is 0.480 e. The maximum atomic E-state index is 11.0. The molecule has 1 saturated heterocycles. The zero-order valence-electron chi connectivity index (χ0n) is 8.63. The number of rotatable bonds is 2. The Labute approximate surface area is 92.9 Å². The Kier molecular flexibility index (Phi) is 2.73. The van der Waals surface area contributed by atoms with Crippen LogP contribution in [0.2, 0.25) is 0 Å². The van der Waals surface area contributed by atoms with Gasteiger partial charge in [-0.05, 0) is 25.0 Å². The molecule has 1 fully saturated rings. The van der Waals surface area contributed by atoms with Crippen LogP contribution in [0.4, 0.5) is 5.69 Å². The highest BCUT2D eigenvalue weighted by Crippen LogP contribution is 2.25. The van der Waals surface area contributed by atoms with Crippen molar-refractivity contribution in [1.82, 2.24) is 4.98 Å². The van der Waals surface area contributed by atoms with Crippen LogP contribution in [0.1, 0.15) is 18.5 Å². The fourth-order valence-corrected chi connectivity index (χ4v) is 1.99. The number of carbonyl (C=O) groups is 1. The van der Waals surface area contributed by atoms with Crippen LogP contribution in [0.25, 0.3) is 0 Å². The second-order valence-corrected chi connectivity index (χ2v) is 3.70. The normalized spacial score (nSPS) is 19.4. The van der Waals surface area contributed by atoms with Crippen LogP contribution < -0.4 is 4.90 Å². The van der Waals surface area contributed by atoms with Gasteiger partial charge < -0.3 is 10.0 Å². The summed E-state index contributed by atoms with van der Waals surface area (Å²) in [7, 11) is 0. The molecule has 0 bridgehead atoms. The van der Waals surface area contributed by atoms with Gasteiger partial charge in [0, 0.05) is 18.4 Å². The van der Waals surface area contributed by atoms with Gasteiger partial charge in [-0.1, -0.05) is 0 Å². The lowest BCUT2D eigenvalue weighted by Crippen LogP contribution is -2.35. The highest BCUT2D eigenvalue weighted by Gasteiger charge is 2.30. The molecule has 0 aliphatic carbocycles.